The zero-order valence-corrected chi connectivity index (χ0v) is 30.7. The summed E-state index contributed by atoms with van der Waals surface area (Å²) >= 11 is 0. The fourth-order valence-electron chi connectivity index (χ4n) is 5.00. The van der Waals surface area contributed by atoms with Crippen LogP contribution in [0.3, 0.4) is 0 Å². The van der Waals surface area contributed by atoms with Gasteiger partial charge in [0.15, 0.2) is 23.1 Å². The minimum absolute atomic E-state index is 0.147. The van der Waals surface area contributed by atoms with E-state index in [-0.39, 0.29) is 36.0 Å². The van der Waals surface area contributed by atoms with Gasteiger partial charge in [-0.2, -0.15) is 0 Å². The summed E-state index contributed by atoms with van der Waals surface area (Å²) in [5, 5.41) is 6.06. The Bertz CT molecular complexity index is 1880. The smallest absolute Gasteiger partial charge is 0.341 e. The molecule has 276 valence electrons. The van der Waals surface area contributed by atoms with Gasteiger partial charge in [-0.1, -0.05) is 30.0 Å². The molecule has 0 aliphatic carbocycles. The van der Waals surface area contributed by atoms with E-state index in [1.54, 1.807) is 71.9 Å². The van der Waals surface area contributed by atoms with E-state index in [2.05, 4.69) is 42.4 Å². The summed E-state index contributed by atoms with van der Waals surface area (Å²) in [5.41, 5.74) is 3.79. The normalized spacial score (nSPS) is 10.2. The second kappa shape index (κ2) is 20.1. The molecule has 12 nitrogen and oxygen atoms in total. The van der Waals surface area contributed by atoms with Crippen LogP contribution in [0.5, 0.6) is 11.5 Å². The van der Waals surface area contributed by atoms with Crippen molar-refractivity contribution >= 4 is 23.8 Å². The molecule has 0 aliphatic heterocycles. The molecular weight excluding hydrogens is 674 g/mol. The average molecular weight is 719 g/mol. The number of nitrogens with one attached hydrogen (secondary N) is 2. The van der Waals surface area contributed by atoms with Crippen LogP contribution >= 0.6 is 0 Å². The number of esters is 2. The van der Waals surface area contributed by atoms with E-state index in [4.69, 9.17) is 18.9 Å². The number of ether oxygens (including phenoxy) is 4. The molecule has 14 heteroatoms. The molecule has 0 radical (unpaired) electrons. The highest BCUT2D eigenvalue weighted by molar-refractivity contribution is 5.92. The van der Waals surface area contributed by atoms with Gasteiger partial charge < -0.3 is 29.6 Å². The average Bonchev–Trinajstić information content (AvgIpc) is 3.10. The van der Waals surface area contributed by atoms with Crippen molar-refractivity contribution in [3.05, 3.63) is 93.1 Å². The Balaban J connectivity index is 0.000000280. The maximum absolute atomic E-state index is 14.1. The number of nitrogens with zero attached hydrogens (tertiary/aromatic N) is 4. The maximum atomic E-state index is 14.1. The van der Waals surface area contributed by atoms with E-state index >= 15 is 0 Å². The van der Waals surface area contributed by atoms with Gasteiger partial charge in [0.05, 0.1) is 62.3 Å². The van der Waals surface area contributed by atoms with Crippen molar-refractivity contribution < 1.29 is 37.3 Å². The van der Waals surface area contributed by atoms with E-state index in [0.29, 0.717) is 77.4 Å². The quantitative estimate of drug-likeness (QED) is 0.0903. The van der Waals surface area contributed by atoms with Crippen LogP contribution in [0.15, 0.2) is 36.4 Å². The monoisotopic (exact) mass is 718 g/mol. The van der Waals surface area contributed by atoms with Crippen molar-refractivity contribution in [2.75, 3.05) is 51.2 Å². The van der Waals surface area contributed by atoms with Gasteiger partial charge >= 0.3 is 11.9 Å². The number of carbonyl (C=O) groups excluding carboxylic acids is 2. The minimum atomic E-state index is -0.496. The maximum Gasteiger partial charge on any atom is 0.341 e. The van der Waals surface area contributed by atoms with Gasteiger partial charge in [-0.15, -0.1) is 0 Å². The number of rotatable bonds is 13. The van der Waals surface area contributed by atoms with Crippen LogP contribution in [0.2, 0.25) is 0 Å². The number of carbonyl (C=O) groups is 2. The Kier molecular flexibility index (Phi) is 15.7. The summed E-state index contributed by atoms with van der Waals surface area (Å²) in [4.78, 5) is 40.9. The molecule has 0 unspecified atom stereocenters. The molecule has 2 aromatic carbocycles. The van der Waals surface area contributed by atoms with Crippen molar-refractivity contribution in [2.45, 2.75) is 54.4 Å². The van der Waals surface area contributed by atoms with Gasteiger partial charge in [-0.25, -0.2) is 38.3 Å². The van der Waals surface area contributed by atoms with Crippen molar-refractivity contribution in [3.8, 4) is 23.3 Å². The van der Waals surface area contributed by atoms with Gasteiger partial charge in [-0.3, -0.25) is 0 Å². The highest BCUT2D eigenvalue weighted by atomic mass is 19.1. The molecule has 0 bridgehead atoms. The molecule has 52 heavy (non-hydrogen) atoms. The molecule has 2 N–H and O–H groups in total. The molecule has 0 aliphatic rings. The lowest BCUT2D eigenvalue weighted by atomic mass is 10.1. The molecule has 0 saturated carbocycles. The van der Waals surface area contributed by atoms with Crippen molar-refractivity contribution in [1.29, 1.82) is 0 Å². The van der Waals surface area contributed by atoms with E-state index < -0.39 is 17.8 Å². The second-order valence-corrected chi connectivity index (χ2v) is 11.1. The van der Waals surface area contributed by atoms with E-state index in [9.17, 15) is 18.4 Å². The Morgan fingerprint density at radius 1 is 0.712 bits per heavy atom. The van der Waals surface area contributed by atoms with Crippen LogP contribution in [0.25, 0.3) is 0 Å². The van der Waals surface area contributed by atoms with Gasteiger partial charge in [0.1, 0.15) is 11.1 Å². The molecule has 2 aromatic heterocycles. The first-order chi connectivity index (χ1) is 24.9. The van der Waals surface area contributed by atoms with Crippen LogP contribution in [-0.2, 0) is 15.9 Å². The van der Waals surface area contributed by atoms with Gasteiger partial charge in [0, 0.05) is 6.54 Å². The summed E-state index contributed by atoms with van der Waals surface area (Å²) in [7, 11) is 2.85. The largest absolute Gasteiger partial charge is 0.494 e. The number of benzene rings is 2. The highest BCUT2D eigenvalue weighted by Crippen LogP contribution is 2.22. The van der Waals surface area contributed by atoms with Crippen LogP contribution in [0.4, 0.5) is 20.7 Å². The van der Waals surface area contributed by atoms with Crippen molar-refractivity contribution in [2.24, 2.45) is 0 Å². The van der Waals surface area contributed by atoms with Crippen LogP contribution in [0, 0.1) is 51.2 Å². The van der Waals surface area contributed by atoms with Crippen molar-refractivity contribution in [3.63, 3.8) is 0 Å². The number of aryl methyl sites for hydroxylation is 5. The van der Waals surface area contributed by atoms with Gasteiger partial charge in [0.2, 0.25) is 11.9 Å². The van der Waals surface area contributed by atoms with Crippen LogP contribution in [0.1, 0.15) is 74.9 Å². The number of hydrogen-bond donors (Lipinski definition) is 2. The van der Waals surface area contributed by atoms with Gasteiger partial charge in [0.25, 0.3) is 0 Å². The predicted octanol–water partition coefficient (Wildman–Crippen LogP) is 6.34. The van der Waals surface area contributed by atoms with Crippen LogP contribution in [-0.4, -0.2) is 72.4 Å². The summed E-state index contributed by atoms with van der Waals surface area (Å²) in [5.74, 6) is 5.05. The van der Waals surface area contributed by atoms with E-state index in [0.717, 1.165) is 0 Å². The first kappa shape index (κ1) is 40.6. The molecule has 0 fully saturated rings. The summed E-state index contributed by atoms with van der Waals surface area (Å²) in [6.45, 7) is 11.8. The first-order valence-corrected chi connectivity index (χ1v) is 16.6. The molecule has 0 amide bonds. The molecular formula is C38H44F2N6O6. The van der Waals surface area contributed by atoms with E-state index in [1.165, 1.54) is 20.3 Å². The number of hydrogen-bond acceptors (Lipinski definition) is 12. The summed E-state index contributed by atoms with van der Waals surface area (Å²) in [6, 6.07) is 9.89. The molecule has 0 atom stereocenters. The standard InChI is InChI=1S/C19H24FN3O3.C19H20FN3O3/c2*1-5-26-18(24)16-12(2)22-19(23-13(16)3)21-11-7-9-14-8-6-10-15(25-4)17(14)20/h6,8,10H,5,7,9,11H2,1-4H3,(H,21,22,23);6,8,10H,5,11H2,1-4H3,(H,21,22,23). The lowest BCUT2D eigenvalue weighted by Gasteiger charge is -2.11. The third kappa shape index (κ3) is 11.1. The zero-order chi connectivity index (χ0) is 38.2. The third-order valence-electron chi connectivity index (χ3n) is 7.41. The number of halogens is 2. The number of aromatic nitrogens is 4. The minimum Gasteiger partial charge on any atom is -0.494 e. The molecule has 4 rings (SSSR count). The zero-order valence-electron chi connectivity index (χ0n) is 30.7. The molecule has 0 saturated heterocycles. The Morgan fingerprint density at radius 2 is 1.19 bits per heavy atom. The first-order valence-electron chi connectivity index (χ1n) is 16.6. The fraction of sp³-hybridized carbons (Fsp3) is 0.368. The third-order valence-corrected chi connectivity index (χ3v) is 7.41. The van der Waals surface area contributed by atoms with Gasteiger partial charge in [-0.05, 0) is 78.1 Å². The lowest BCUT2D eigenvalue weighted by Crippen LogP contribution is -2.15. The Morgan fingerprint density at radius 3 is 1.69 bits per heavy atom. The number of anilines is 2. The van der Waals surface area contributed by atoms with E-state index in [1.807, 2.05) is 0 Å². The molecule has 2 heterocycles. The lowest BCUT2D eigenvalue weighted by molar-refractivity contribution is 0.0513. The highest BCUT2D eigenvalue weighted by Gasteiger charge is 2.18. The molecule has 0 spiro atoms. The number of methoxy groups -OCH3 is 2. The Hall–Kier alpha value is -5.84. The second-order valence-electron chi connectivity index (χ2n) is 11.1. The predicted molar refractivity (Wildman–Crippen MR) is 193 cm³/mol. The Labute approximate surface area is 302 Å². The summed E-state index contributed by atoms with van der Waals surface area (Å²) < 4.78 is 48.0. The summed E-state index contributed by atoms with van der Waals surface area (Å²) in [6.07, 6.45) is 1.26. The molecule has 4 aromatic rings. The SMILES string of the molecule is CCOC(=O)c1c(C)nc(NCC#Cc2cccc(OC)c2F)nc1C.CCOC(=O)c1c(C)nc(NCCCc2cccc(OC)c2F)nc1C. The van der Waals surface area contributed by atoms with Crippen LogP contribution < -0.4 is 20.1 Å². The topological polar surface area (TPSA) is 147 Å². The fourth-order valence-corrected chi connectivity index (χ4v) is 5.00. The van der Waals surface area contributed by atoms with Crippen molar-refractivity contribution in [1.82, 2.24) is 19.9 Å².